The molecule has 1 aliphatic heterocycles. The van der Waals surface area contributed by atoms with E-state index in [9.17, 15) is 21.6 Å². The zero-order valence-corrected chi connectivity index (χ0v) is 16.9. The fraction of sp³-hybridized carbons (Fsp3) is 0.294. The summed E-state index contributed by atoms with van der Waals surface area (Å²) in [5.74, 6) is 0.0980. The van der Waals surface area contributed by atoms with Crippen LogP contribution in [0.3, 0.4) is 0 Å². The van der Waals surface area contributed by atoms with Gasteiger partial charge in [0, 0.05) is 23.4 Å². The summed E-state index contributed by atoms with van der Waals surface area (Å²) >= 11 is 3.33. The molecule has 0 saturated carbocycles. The van der Waals surface area contributed by atoms with Gasteiger partial charge in [-0.05, 0) is 39.7 Å². The number of nitrogens with zero attached hydrogens (tertiary/aromatic N) is 4. The number of halogens is 4. The maximum Gasteiger partial charge on any atom is 0.417 e. The van der Waals surface area contributed by atoms with Crippen molar-refractivity contribution in [1.29, 1.82) is 0 Å². The highest BCUT2D eigenvalue weighted by Crippen LogP contribution is 2.37. The number of alkyl halides is 3. The van der Waals surface area contributed by atoms with Crippen LogP contribution in [0.15, 0.2) is 40.0 Å². The molecule has 1 aliphatic rings. The van der Waals surface area contributed by atoms with Crippen molar-refractivity contribution in [3.8, 4) is 0 Å². The van der Waals surface area contributed by atoms with Crippen LogP contribution in [-0.2, 0) is 29.1 Å². The summed E-state index contributed by atoms with van der Waals surface area (Å²) in [5, 5.41) is 4.41. The van der Waals surface area contributed by atoms with E-state index < -0.39 is 21.6 Å². The molecule has 6 nitrogen and oxygen atoms in total. The molecule has 3 aromatic rings. The van der Waals surface area contributed by atoms with Gasteiger partial charge in [0.25, 0.3) is 0 Å². The lowest BCUT2D eigenvalue weighted by atomic mass is 10.1. The maximum atomic E-state index is 13.0. The third-order valence-electron chi connectivity index (χ3n) is 4.61. The van der Waals surface area contributed by atoms with E-state index in [-0.39, 0.29) is 29.6 Å². The molecule has 0 aromatic carbocycles. The minimum Gasteiger partial charge on any atom is -0.344 e. The third-order valence-corrected chi connectivity index (χ3v) is 6.85. The molecule has 0 unspecified atom stereocenters. The van der Waals surface area contributed by atoms with Gasteiger partial charge in [0.15, 0.2) is 15.7 Å². The van der Waals surface area contributed by atoms with E-state index in [4.69, 9.17) is 0 Å². The van der Waals surface area contributed by atoms with E-state index in [1.807, 2.05) is 0 Å². The molecule has 11 heteroatoms. The quantitative estimate of drug-likeness (QED) is 0.577. The normalized spacial score (nSPS) is 14.7. The molecule has 0 saturated heterocycles. The van der Waals surface area contributed by atoms with E-state index in [0.29, 0.717) is 16.8 Å². The van der Waals surface area contributed by atoms with Crippen molar-refractivity contribution in [2.24, 2.45) is 0 Å². The second-order valence-corrected chi connectivity index (χ2v) is 9.55. The number of sulfone groups is 1. The van der Waals surface area contributed by atoms with Gasteiger partial charge in [0.2, 0.25) is 0 Å². The molecule has 148 valence electrons. The lowest BCUT2D eigenvalue weighted by Crippen LogP contribution is -2.18. The fourth-order valence-electron chi connectivity index (χ4n) is 3.20. The highest BCUT2D eigenvalue weighted by Gasteiger charge is 2.35. The van der Waals surface area contributed by atoms with Crippen molar-refractivity contribution < 1.29 is 21.6 Å². The lowest BCUT2D eigenvalue weighted by molar-refractivity contribution is -0.137. The molecular formula is C17H14BrF3N4O2S. The van der Waals surface area contributed by atoms with Crippen LogP contribution in [-0.4, -0.2) is 28.8 Å². The van der Waals surface area contributed by atoms with Gasteiger partial charge in [-0.2, -0.15) is 13.2 Å². The molecule has 0 bridgehead atoms. The predicted octanol–water partition coefficient (Wildman–Crippen LogP) is 3.82. The van der Waals surface area contributed by atoms with Gasteiger partial charge in [0.1, 0.15) is 4.90 Å². The first-order valence-corrected chi connectivity index (χ1v) is 10.8. The first-order valence-electron chi connectivity index (χ1n) is 8.30. The van der Waals surface area contributed by atoms with Crippen LogP contribution in [0.25, 0.3) is 5.52 Å². The van der Waals surface area contributed by atoms with Crippen LogP contribution < -0.4 is 4.90 Å². The Balaban J connectivity index is 1.83. The van der Waals surface area contributed by atoms with Crippen LogP contribution in [0.1, 0.15) is 23.7 Å². The summed E-state index contributed by atoms with van der Waals surface area (Å²) in [6.07, 6.45) is -2.05. The second kappa shape index (κ2) is 6.45. The SMILES string of the molecule is CCS(=O)(=O)c1c(N2Cc3cc(C(F)(F)F)cnc3C2)nn2cc(Br)ccc12. The maximum absolute atomic E-state index is 13.0. The van der Waals surface area contributed by atoms with Gasteiger partial charge in [-0.25, -0.2) is 12.9 Å². The average molecular weight is 475 g/mol. The Morgan fingerprint density at radius 3 is 2.68 bits per heavy atom. The average Bonchev–Trinajstić information content (AvgIpc) is 3.21. The van der Waals surface area contributed by atoms with Crippen molar-refractivity contribution in [3.05, 3.63) is 51.9 Å². The van der Waals surface area contributed by atoms with Crippen molar-refractivity contribution in [3.63, 3.8) is 0 Å². The Morgan fingerprint density at radius 1 is 1.25 bits per heavy atom. The summed E-state index contributed by atoms with van der Waals surface area (Å²) in [6.45, 7) is 1.83. The number of rotatable bonds is 3. The lowest BCUT2D eigenvalue weighted by Gasteiger charge is -2.15. The summed E-state index contributed by atoms with van der Waals surface area (Å²) in [6, 6.07) is 4.42. The van der Waals surface area contributed by atoms with Crippen LogP contribution in [0.4, 0.5) is 19.0 Å². The van der Waals surface area contributed by atoms with Crippen molar-refractivity contribution >= 4 is 37.1 Å². The molecular weight excluding hydrogens is 461 g/mol. The van der Waals surface area contributed by atoms with Crippen molar-refractivity contribution in [1.82, 2.24) is 14.6 Å². The number of anilines is 1. The summed E-state index contributed by atoms with van der Waals surface area (Å²) < 4.78 is 66.6. The first kappa shape index (κ1) is 19.2. The minimum absolute atomic E-state index is 0.0753. The van der Waals surface area contributed by atoms with Crippen LogP contribution >= 0.6 is 15.9 Å². The minimum atomic E-state index is -4.48. The number of hydrogen-bond donors (Lipinski definition) is 0. The Hall–Kier alpha value is -2.14. The second-order valence-electron chi connectivity index (χ2n) is 6.42. The third kappa shape index (κ3) is 3.16. The predicted molar refractivity (Wildman–Crippen MR) is 99.7 cm³/mol. The molecule has 4 rings (SSSR count). The molecule has 0 fully saturated rings. The van der Waals surface area contributed by atoms with Crippen LogP contribution in [0.2, 0.25) is 0 Å². The topological polar surface area (TPSA) is 67.6 Å². The highest BCUT2D eigenvalue weighted by atomic mass is 79.9. The van der Waals surface area contributed by atoms with E-state index in [0.717, 1.165) is 16.7 Å². The fourth-order valence-corrected chi connectivity index (χ4v) is 4.75. The smallest absolute Gasteiger partial charge is 0.344 e. The van der Waals surface area contributed by atoms with E-state index >= 15 is 0 Å². The van der Waals surface area contributed by atoms with Gasteiger partial charge in [-0.3, -0.25) is 4.98 Å². The molecule has 0 aliphatic carbocycles. The largest absolute Gasteiger partial charge is 0.417 e. The number of hydrogen-bond acceptors (Lipinski definition) is 5. The first-order chi connectivity index (χ1) is 13.1. The zero-order chi connectivity index (χ0) is 20.3. The van der Waals surface area contributed by atoms with Gasteiger partial charge < -0.3 is 4.90 Å². The summed E-state index contributed by atoms with van der Waals surface area (Å²) in [5.41, 5.74) is 0.479. The van der Waals surface area contributed by atoms with Crippen LogP contribution in [0, 0.1) is 0 Å². The molecule has 3 aromatic heterocycles. The summed E-state index contributed by atoms with van der Waals surface area (Å²) in [4.78, 5) is 5.64. The van der Waals surface area contributed by atoms with E-state index in [1.165, 1.54) is 11.4 Å². The molecule has 0 N–H and O–H groups in total. The van der Waals surface area contributed by atoms with Gasteiger partial charge >= 0.3 is 6.18 Å². The van der Waals surface area contributed by atoms with Crippen molar-refractivity contribution in [2.75, 3.05) is 10.7 Å². The van der Waals surface area contributed by atoms with Gasteiger partial charge in [0.05, 0.1) is 29.1 Å². The number of fused-ring (bicyclic) bond motifs is 2. The van der Waals surface area contributed by atoms with Crippen LogP contribution in [0.5, 0.6) is 0 Å². The Labute approximate surface area is 167 Å². The standard InChI is InChI=1S/C17H14BrF3N4O2S/c1-2-28(26,27)15-14-4-3-12(18)8-25(14)23-16(15)24-7-10-5-11(17(19,20)21)6-22-13(10)9-24/h3-6,8H,2,7,9H2,1H3. The molecule has 4 heterocycles. The Morgan fingerprint density at radius 2 is 2.00 bits per heavy atom. The number of aromatic nitrogens is 3. The Kier molecular flexibility index (Phi) is 4.42. The molecule has 0 amide bonds. The zero-order valence-electron chi connectivity index (χ0n) is 14.5. The number of pyridine rings is 2. The van der Waals surface area contributed by atoms with E-state index in [1.54, 1.807) is 23.2 Å². The van der Waals surface area contributed by atoms with Gasteiger partial charge in [-0.1, -0.05) is 6.92 Å². The molecule has 0 radical (unpaired) electrons. The molecule has 0 spiro atoms. The molecule has 0 atom stereocenters. The van der Waals surface area contributed by atoms with Crippen molar-refractivity contribution in [2.45, 2.75) is 31.1 Å². The van der Waals surface area contributed by atoms with E-state index in [2.05, 4.69) is 26.0 Å². The molecule has 28 heavy (non-hydrogen) atoms. The summed E-state index contributed by atoms with van der Waals surface area (Å²) in [7, 11) is -3.62. The van der Waals surface area contributed by atoms with Gasteiger partial charge in [-0.15, -0.1) is 5.10 Å². The highest BCUT2D eigenvalue weighted by molar-refractivity contribution is 9.10. The monoisotopic (exact) mass is 474 g/mol. The Bertz CT molecular complexity index is 1190.